The summed E-state index contributed by atoms with van der Waals surface area (Å²) in [5, 5.41) is 0. The molecule has 0 bridgehead atoms. The number of rotatable bonds is 5. The van der Waals surface area contributed by atoms with Crippen LogP contribution >= 0.6 is 0 Å². The van der Waals surface area contributed by atoms with E-state index in [1.165, 1.54) is 32.1 Å². The third-order valence-corrected chi connectivity index (χ3v) is 3.41. The number of nitrogens with two attached hydrogens (primary N) is 1. The smallest absolute Gasteiger partial charge is 0.0763 e. The van der Waals surface area contributed by atoms with Gasteiger partial charge in [-0.3, -0.25) is 0 Å². The van der Waals surface area contributed by atoms with Gasteiger partial charge in [0, 0.05) is 19.1 Å². The van der Waals surface area contributed by atoms with E-state index < -0.39 is 0 Å². The van der Waals surface area contributed by atoms with Gasteiger partial charge in [-0.15, -0.1) is 11.8 Å². The Morgan fingerprint density at radius 2 is 2.00 bits per heavy atom. The molecule has 1 saturated carbocycles. The normalized spacial score (nSPS) is 20.9. The van der Waals surface area contributed by atoms with Crippen LogP contribution in [0.3, 0.4) is 0 Å². The van der Waals surface area contributed by atoms with E-state index in [1.54, 1.807) is 0 Å². The Morgan fingerprint density at radius 1 is 1.31 bits per heavy atom. The van der Waals surface area contributed by atoms with Crippen molar-refractivity contribution < 1.29 is 4.74 Å². The summed E-state index contributed by atoms with van der Waals surface area (Å²) in [5.74, 6) is 6.64. The maximum absolute atomic E-state index is 6.19. The van der Waals surface area contributed by atoms with Crippen molar-refractivity contribution in [2.24, 2.45) is 11.7 Å². The summed E-state index contributed by atoms with van der Waals surface area (Å²) in [7, 11) is 0. The van der Waals surface area contributed by atoms with Crippen LogP contribution in [0.2, 0.25) is 0 Å². The topological polar surface area (TPSA) is 35.2 Å². The summed E-state index contributed by atoms with van der Waals surface area (Å²) in [6.45, 7) is 4.67. The van der Waals surface area contributed by atoms with Crippen molar-refractivity contribution in [3.63, 3.8) is 0 Å². The van der Waals surface area contributed by atoms with Crippen molar-refractivity contribution in [1.29, 1.82) is 0 Å². The molecule has 1 rings (SSSR count). The average Bonchev–Trinajstić information content (AvgIpc) is 2.34. The van der Waals surface area contributed by atoms with E-state index in [1.807, 2.05) is 13.8 Å². The van der Waals surface area contributed by atoms with Crippen molar-refractivity contribution in [3.05, 3.63) is 0 Å². The Kier molecular flexibility index (Phi) is 6.52. The summed E-state index contributed by atoms with van der Waals surface area (Å²) in [6, 6.07) is 0.0792. The van der Waals surface area contributed by atoms with Crippen molar-refractivity contribution in [2.75, 3.05) is 6.61 Å². The van der Waals surface area contributed by atoms with E-state index in [-0.39, 0.29) is 12.1 Å². The van der Waals surface area contributed by atoms with E-state index in [4.69, 9.17) is 10.5 Å². The van der Waals surface area contributed by atoms with Crippen LogP contribution < -0.4 is 5.73 Å². The first-order valence-corrected chi connectivity index (χ1v) is 6.56. The molecule has 2 nitrogen and oxygen atoms in total. The molecule has 0 saturated heterocycles. The molecule has 0 heterocycles. The Balaban J connectivity index is 2.52. The molecule has 2 N–H and O–H groups in total. The van der Waals surface area contributed by atoms with Crippen LogP contribution in [0.4, 0.5) is 0 Å². The summed E-state index contributed by atoms with van der Waals surface area (Å²) < 4.78 is 5.85. The van der Waals surface area contributed by atoms with Crippen molar-refractivity contribution in [1.82, 2.24) is 0 Å². The van der Waals surface area contributed by atoms with Gasteiger partial charge in [-0.1, -0.05) is 19.3 Å². The van der Waals surface area contributed by atoms with Gasteiger partial charge in [0.15, 0.2) is 0 Å². The molecular formula is C14H25NO. The molecule has 2 heteroatoms. The van der Waals surface area contributed by atoms with Crippen LogP contribution in [0.1, 0.15) is 52.4 Å². The molecule has 0 amide bonds. The van der Waals surface area contributed by atoms with Crippen LogP contribution in [0.5, 0.6) is 0 Å². The Hall–Kier alpha value is -0.520. The Labute approximate surface area is 99.9 Å². The highest BCUT2D eigenvalue weighted by Crippen LogP contribution is 2.29. The zero-order valence-corrected chi connectivity index (χ0v) is 10.7. The molecule has 0 aromatic rings. The molecule has 1 aliphatic rings. The summed E-state index contributed by atoms with van der Waals surface area (Å²) in [6.07, 6.45) is 7.57. The second-order valence-electron chi connectivity index (χ2n) is 4.61. The highest BCUT2D eigenvalue weighted by molar-refractivity contribution is 5.00. The number of hydrogen-bond acceptors (Lipinski definition) is 2. The molecule has 16 heavy (non-hydrogen) atoms. The summed E-state index contributed by atoms with van der Waals surface area (Å²) in [4.78, 5) is 0. The van der Waals surface area contributed by atoms with E-state index in [9.17, 15) is 0 Å². The average molecular weight is 223 g/mol. The summed E-state index contributed by atoms with van der Waals surface area (Å²) >= 11 is 0. The molecule has 2 unspecified atom stereocenters. The first kappa shape index (κ1) is 13.5. The van der Waals surface area contributed by atoms with E-state index in [2.05, 4.69) is 11.8 Å². The van der Waals surface area contributed by atoms with Crippen molar-refractivity contribution in [2.45, 2.75) is 64.5 Å². The lowest BCUT2D eigenvalue weighted by Crippen LogP contribution is -2.42. The van der Waals surface area contributed by atoms with Crippen LogP contribution in [0, 0.1) is 17.8 Å². The molecule has 0 aromatic heterocycles. The second-order valence-corrected chi connectivity index (χ2v) is 4.61. The SMILES string of the molecule is CC#CCC(N)C(OCC)C1CCCCC1. The fraction of sp³-hybridized carbons (Fsp3) is 0.857. The molecule has 0 aliphatic heterocycles. The minimum Gasteiger partial charge on any atom is -0.377 e. The molecule has 1 aliphatic carbocycles. The lowest BCUT2D eigenvalue weighted by Gasteiger charge is -2.33. The standard InChI is InChI=1S/C14H25NO/c1-3-5-11-13(15)14(16-4-2)12-9-7-6-8-10-12/h12-14H,4,6-11,15H2,1-2H3. The van der Waals surface area contributed by atoms with Crippen LogP contribution in [-0.4, -0.2) is 18.8 Å². The van der Waals surface area contributed by atoms with Crippen LogP contribution in [-0.2, 0) is 4.74 Å². The minimum atomic E-state index is 0.0792. The van der Waals surface area contributed by atoms with E-state index in [0.717, 1.165) is 13.0 Å². The third kappa shape index (κ3) is 4.15. The molecule has 1 fully saturated rings. The number of ether oxygens (including phenoxy) is 1. The Bertz CT molecular complexity index is 235. The third-order valence-electron chi connectivity index (χ3n) is 3.41. The fourth-order valence-electron chi connectivity index (χ4n) is 2.60. The van der Waals surface area contributed by atoms with Crippen molar-refractivity contribution in [3.8, 4) is 11.8 Å². The van der Waals surface area contributed by atoms with Gasteiger partial charge in [-0.05, 0) is 32.6 Å². The zero-order valence-electron chi connectivity index (χ0n) is 10.7. The lowest BCUT2D eigenvalue weighted by atomic mass is 9.82. The number of hydrogen-bond donors (Lipinski definition) is 1. The van der Waals surface area contributed by atoms with Crippen molar-refractivity contribution >= 4 is 0 Å². The molecule has 0 spiro atoms. The van der Waals surface area contributed by atoms with Crippen LogP contribution in [0.15, 0.2) is 0 Å². The zero-order chi connectivity index (χ0) is 11.8. The second kappa shape index (κ2) is 7.70. The molecule has 2 atom stereocenters. The molecule has 0 radical (unpaired) electrons. The summed E-state index contributed by atoms with van der Waals surface area (Å²) in [5.41, 5.74) is 6.19. The maximum atomic E-state index is 6.19. The van der Waals surface area contributed by atoms with Gasteiger partial charge >= 0.3 is 0 Å². The largest absolute Gasteiger partial charge is 0.377 e. The first-order chi connectivity index (χ1) is 7.79. The first-order valence-electron chi connectivity index (χ1n) is 6.56. The maximum Gasteiger partial charge on any atom is 0.0763 e. The lowest BCUT2D eigenvalue weighted by molar-refractivity contribution is -0.00822. The molecular weight excluding hydrogens is 198 g/mol. The molecule has 0 aromatic carbocycles. The van der Waals surface area contributed by atoms with Gasteiger partial charge in [0.05, 0.1) is 6.10 Å². The van der Waals surface area contributed by atoms with Gasteiger partial charge in [-0.2, -0.15) is 0 Å². The quantitative estimate of drug-likeness (QED) is 0.727. The van der Waals surface area contributed by atoms with Gasteiger partial charge in [0.1, 0.15) is 0 Å². The Morgan fingerprint density at radius 3 is 2.56 bits per heavy atom. The van der Waals surface area contributed by atoms with Gasteiger partial charge in [-0.25, -0.2) is 0 Å². The predicted octanol–water partition coefficient (Wildman–Crippen LogP) is 2.71. The minimum absolute atomic E-state index is 0.0792. The highest BCUT2D eigenvalue weighted by Gasteiger charge is 2.28. The van der Waals surface area contributed by atoms with Gasteiger partial charge in [0.2, 0.25) is 0 Å². The fourth-order valence-corrected chi connectivity index (χ4v) is 2.60. The molecule has 92 valence electrons. The highest BCUT2D eigenvalue weighted by atomic mass is 16.5. The van der Waals surface area contributed by atoms with E-state index in [0.29, 0.717) is 5.92 Å². The van der Waals surface area contributed by atoms with Crippen LogP contribution in [0.25, 0.3) is 0 Å². The monoisotopic (exact) mass is 223 g/mol. The van der Waals surface area contributed by atoms with E-state index >= 15 is 0 Å². The predicted molar refractivity (Wildman–Crippen MR) is 68.0 cm³/mol. The van der Waals surface area contributed by atoms with Gasteiger partial charge in [0.25, 0.3) is 0 Å². The van der Waals surface area contributed by atoms with Gasteiger partial charge < -0.3 is 10.5 Å².